The van der Waals surface area contributed by atoms with E-state index < -0.39 is 10.0 Å². The van der Waals surface area contributed by atoms with Crippen molar-refractivity contribution in [1.82, 2.24) is 29.5 Å². The van der Waals surface area contributed by atoms with E-state index in [9.17, 15) is 18.0 Å². The highest BCUT2D eigenvalue weighted by Crippen LogP contribution is 2.22. The Kier molecular flexibility index (Phi) is 8.86. The maximum atomic E-state index is 12.8. The van der Waals surface area contributed by atoms with Gasteiger partial charge in [-0.3, -0.25) is 15.4 Å². The first-order chi connectivity index (χ1) is 18.6. The molecule has 206 valence electrons. The average molecular weight is 553 g/mol. The quantitative estimate of drug-likeness (QED) is 0.263. The molecule has 12 nitrogen and oxygen atoms in total. The predicted octanol–water partition coefficient (Wildman–Crippen LogP) is 1.28. The lowest BCUT2D eigenvalue weighted by molar-refractivity contribution is -0.130. The summed E-state index contributed by atoms with van der Waals surface area (Å²) in [5.41, 5.74) is 2.62. The number of amides is 2. The van der Waals surface area contributed by atoms with E-state index in [1.54, 1.807) is 65.5 Å². The van der Waals surface area contributed by atoms with Crippen LogP contribution in [-0.2, 0) is 14.8 Å². The second-order valence-electron chi connectivity index (χ2n) is 9.17. The van der Waals surface area contributed by atoms with Crippen molar-refractivity contribution in [1.29, 1.82) is 0 Å². The lowest BCUT2D eigenvalue weighted by Gasteiger charge is -2.34. The van der Waals surface area contributed by atoms with E-state index >= 15 is 0 Å². The molecule has 0 atom stereocenters. The highest BCUT2D eigenvalue weighted by atomic mass is 32.2. The minimum absolute atomic E-state index is 0.0217. The molecule has 2 aromatic carbocycles. The summed E-state index contributed by atoms with van der Waals surface area (Å²) in [6.45, 7) is 4.21. The van der Waals surface area contributed by atoms with Crippen LogP contribution in [0.3, 0.4) is 0 Å². The fourth-order valence-corrected chi connectivity index (χ4v) is 5.08. The molecule has 39 heavy (non-hydrogen) atoms. The largest absolute Gasteiger partial charge is 0.339 e. The van der Waals surface area contributed by atoms with Gasteiger partial charge in [0.15, 0.2) is 0 Å². The molecule has 2 amide bonds. The Labute approximate surface area is 227 Å². The Hall–Kier alpha value is -3.91. The molecule has 0 aliphatic carbocycles. The zero-order chi connectivity index (χ0) is 28.0. The van der Waals surface area contributed by atoms with Crippen LogP contribution >= 0.6 is 0 Å². The normalized spacial score (nSPS) is 13.9. The first-order valence-electron chi connectivity index (χ1n) is 12.4. The van der Waals surface area contributed by atoms with E-state index in [-0.39, 0.29) is 23.3 Å². The van der Waals surface area contributed by atoms with Gasteiger partial charge in [0.05, 0.1) is 10.6 Å². The maximum absolute atomic E-state index is 12.8. The molecule has 1 fully saturated rings. The number of benzene rings is 2. The number of rotatable bonds is 9. The fraction of sp³-hybridized carbons (Fsp3) is 0.308. The summed E-state index contributed by atoms with van der Waals surface area (Å²) in [5, 5.41) is 4.54. The predicted molar refractivity (Wildman–Crippen MR) is 147 cm³/mol. The van der Waals surface area contributed by atoms with Crippen molar-refractivity contribution in [2.75, 3.05) is 51.6 Å². The SMILES string of the molecule is CC(=O)N1CCN(C(=O)c2ccc(Nc3nccc(-c4ccc(S(=O)(=O)NCCN(C)N)cc4)n3)cc2)CC1. The Morgan fingerprint density at radius 3 is 2.23 bits per heavy atom. The Morgan fingerprint density at radius 2 is 1.62 bits per heavy atom. The Balaban J connectivity index is 1.38. The minimum atomic E-state index is -3.65. The van der Waals surface area contributed by atoms with Gasteiger partial charge in [0.25, 0.3) is 5.91 Å². The Bertz CT molecular complexity index is 1400. The van der Waals surface area contributed by atoms with Crippen LogP contribution in [0.1, 0.15) is 17.3 Å². The number of hydrogen-bond acceptors (Lipinski definition) is 9. The number of hydrazine groups is 1. The van der Waals surface area contributed by atoms with E-state index in [0.717, 1.165) is 5.56 Å². The molecule has 0 bridgehead atoms. The summed E-state index contributed by atoms with van der Waals surface area (Å²) in [6.07, 6.45) is 1.61. The van der Waals surface area contributed by atoms with Gasteiger partial charge in [-0.25, -0.2) is 28.1 Å². The summed E-state index contributed by atoms with van der Waals surface area (Å²) in [5.74, 6) is 5.83. The lowest BCUT2D eigenvalue weighted by atomic mass is 10.1. The molecule has 0 spiro atoms. The molecule has 3 aromatic rings. The molecule has 2 heterocycles. The molecule has 0 unspecified atom stereocenters. The topological polar surface area (TPSA) is 154 Å². The van der Waals surface area contributed by atoms with Crippen molar-refractivity contribution < 1.29 is 18.0 Å². The molecule has 0 radical (unpaired) electrons. The van der Waals surface area contributed by atoms with E-state index in [0.29, 0.717) is 55.6 Å². The first kappa shape index (κ1) is 28.1. The van der Waals surface area contributed by atoms with E-state index in [1.807, 2.05) is 0 Å². The van der Waals surface area contributed by atoms with Gasteiger partial charge in [0.2, 0.25) is 21.9 Å². The lowest BCUT2D eigenvalue weighted by Crippen LogP contribution is -2.50. The molecule has 1 saturated heterocycles. The first-order valence-corrected chi connectivity index (χ1v) is 13.9. The van der Waals surface area contributed by atoms with Crippen molar-refractivity contribution in [2.45, 2.75) is 11.8 Å². The van der Waals surface area contributed by atoms with E-state index in [1.165, 1.54) is 24.1 Å². The van der Waals surface area contributed by atoms with Gasteiger partial charge < -0.3 is 15.1 Å². The fourth-order valence-electron chi connectivity index (χ4n) is 4.06. The molecule has 1 aliphatic rings. The van der Waals surface area contributed by atoms with Crippen LogP contribution in [-0.4, -0.2) is 91.3 Å². The zero-order valence-corrected chi connectivity index (χ0v) is 22.7. The number of nitrogens with two attached hydrogens (primary N) is 1. The van der Waals surface area contributed by atoms with Gasteiger partial charge in [0, 0.05) is 76.3 Å². The van der Waals surface area contributed by atoms with Crippen LogP contribution in [0.25, 0.3) is 11.3 Å². The molecule has 4 rings (SSSR count). The number of piperazine rings is 1. The van der Waals surface area contributed by atoms with Gasteiger partial charge in [-0.2, -0.15) is 0 Å². The number of anilines is 2. The van der Waals surface area contributed by atoms with Crippen molar-refractivity contribution >= 4 is 33.5 Å². The van der Waals surface area contributed by atoms with Gasteiger partial charge in [0.1, 0.15) is 0 Å². The molecular weight excluding hydrogens is 520 g/mol. The van der Waals surface area contributed by atoms with Crippen LogP contribution in [0.5, 0.6) is 0 Å². The van der Waals surface area contributed by atoms with Crippen molar-refractivity contribution in [3.63, 3.8) is 0 Å². The number of nitrogens with one attached hydrogen (secondary N) is 2. The maximum Gasteiger partial charge on any atom is 0.253 e. The number of carbonyl (C=O) groups is 2. The van der Waals surface area contributed by atoms with Gasteiger partial charge in [-0.15, -0.1) is 0 Å². The molecule has 1 aliphatic heterocycles. The summed E-state index contributed by atoms with van der Waals surface area (Å²) in [6, 6.07) is 15.2. The van der Waals surface area contributed by atoms with E-state index in [4.69, 9.17) is 5.84 Å². The van der Waals surface area contributed by atoms with Crippen molar-refractivity contribution in [2.24, 2.45) is 5.84 Å². The number of sulfonamides is 1. The number of nitrogens with zero attached hydrogens (tertiary/aromatic N) is 5. The van der Waals surface area contributed by atoms with Gasteiger partial charge in [-0.05, 0) is 42.5 Å². The molecule has 4 N–H and O–H groups in total. The standard InChI is InChI=1S/C26H32N8O4S/c1-19(35)33-15-17-34(18-16-33)25(36)21-3-7-22(8-4-21)30-26-28-12-11-24(31-26)20-5-9-23(10-6-20)39(37,38)29-13-14-32(2)27/h3-12,29H,13-18,27H2,1-2H3,(H,28,30,31). The number of likely N-dealkylation sites (N-methyl/N-ethyl adjacent to an activating group) is 1. The third-order valence-electron chi connectivity index (χ3n) is 6.27. The van der Waals surface area contributed by atoms with Crippen LogP contribution in [0.4, 0.5) is 11.6 Å². The average Bonchev–Trinajstić information content (AvgIpc) is 2.93. The van der Waals surface area contributed by atoms with Crippen LogP contribution in [0.2, 0.25) is 0 Å². The van der Waals surface area contributed by atoms with Crippen LogP contribution in [0, 0.1) is 0 Å². The smallest absolute Gasteiger partial charge is 0.253 e. The highest BCUT2D eigenvalue weighted by Gasteiger charge is 2.23. The summed E-state index contributed by atoms with van der Waals surface area (Å²) >= 11 is 0. The molecule has 0 saturated carbocycles. The highest BCUT2D eigenvalue weighted by molar-refractivity contribution is 7.89. The minimum Gasteiger partial charge on any atom is -0.339 e. The summed E-state index contributed by atoms with van der Waals surface area (Å²) in [4.78, 5) is 36.8. The second-order valence-corrected chi connectivity index (χ2v) is 10.9. The summed E-state index contributed by atoms with van der Waals surface area (Å²) < 4.78 is 27.5. The molecule has 1 aromatic heterocycles. The van der Waals surface area contributed by atoms with Crippen molar-refractivity contribution in [3.05, 3.63) is 66.4 Å². The van der Waals surface area contributed by atoms with Gasteiger partial charge >= 0.3 is 0 Å². The van der Waals surface area contributed by atoms with Crippen LogP contribution in [0.15, 0.2) is 65.7 Å². The zero-order valence-electron chi connectivity index (χ0n) is 21.9. The Morgan fingerprint density at radius 1 is 0.974 bits per heavy atom. The molecular formula is C26H32N8O4S. The second kappa shape index (κ2) is 12.3. The van der Waals surface area contributed by atoms with Crippen LogP contribution < -0.4 is 15.9 Å². The summed E-state index contributed by atoms with van der Waals surface area (Å²) in [7, 11) is -1.99. The third-order valence-corrected chi connectivity index (χ3v) is 7.75. The van der Waals surface area contributed by atoms with Gasteiger partial charge in [-0.1, -0.05) is 12.1 Å². The van der Waals surface area contributed by atoms with E-state index in [2.05, 4.69) is 20.0 Å². The number of aromatic nitrogens is 2. The van der Waals surface area contributed by atoms with Crippen molar-refractivity contribution in [3.8, 4) is 11.3 Å². The third kappa shape index (κ3) is 7.35. The number of carbonyl (C=O) groups excluding carboxylic acids is 2. The number of hydrogen-bond donors (Lipinski definition) is 3. The monoisotopic (exact) mass is 552 g/mol. The molecule has 13 heteroatoms.